The molecule has 4 nitrogen and oxygen atoms in total. The van der Waals surface area contributed by atoms with Crippen LogP contribution in [0, 0.1) is 11.7 Å². The van der Waals surface area contributed by atoms with Crippen LogP contribution in [0.4, 0.5) is 4.39 Å². The second kappa shape index (κ2) is 6.85. The first kappa shape index (κ1) is 16.4. The Morgan fingerprint density at radius 1 is 1.43 bits per heavy atom. The third kappa shape index (κ3) is 3.81. The van der Waals surface area contributed by atoms with Gasteiger partial charge in [-0.3, -0.25) is 0 Å². The van der Waals surface area contributed by atoms with E-state index in [2.05, 4.69) is 5.32 Å². The van der Waals surface area contributed by atoms with Crippen molar-refractivity contribution in [2.45, 2.75) is 38.1 Å². The topological polar surface area (TPSA) is 49.4 Å². The van der Waals surface area contributed by atoms with Crippen molar-refractivity contribution in [2.24, 2.45) is 5.92 Å². The van der Waals surface area contributed by atoms with Gasteiger partial charge in [0.05, 0.1) is 0 Å². The molecule has 1 unspecified atom stereocenters. The van der Waals surface area contributed by atoms with E-state index in [1.54, 1.807) is 6.07 Å². The Bertz CT molecular complexity index is 589. The smallest absolute Gasteiger partial charge is 0.245 e. The molecule has 0 amide bonds. The van der Waals surface area contributed by atoms with Crippen molar-refractivity contribution in [3.63, 3.8) is 0 Å². The summed E-state index contributed by atoms with van der Waals surface area (Å²) in [4.78, 5) is -0.211. The summed E-state index contributed by atoms with van der Waals surface area (Å²) in [6.07, 6.45) is 1.86. The van der Waals surface area contributed by atoms with Crippen molar-refractivity contribution in [2.75, 3.05) is 19.6 Å². The van der Waals surface area contributed by atoms with Gasteiger partial charge in [0.1, 0.15) is 10.7 Å². The minimum Gasteiger partial charge on any atom is -0.313 e. The average Bonchev–Trinajstić information content (AvgIpc) is 2.45. The SMILES string of the molecule is CCNCc1ccc(S(=O)(=O)N2CCCC(C)C2)c(F)c1. The highest BCUT2D eigenvalue weighted by molar-refractivity contribution is 7.89. The molecule has 2 rings (SSSR count). The summed E-state index contributed by atoms with van der Waals surface area (Å²) in [5.41, 5.74) is 0.750. The Labute approximate surface area is 126 Å². The quantitative estimate of drug-likeness (QED) is 0.907. The van der Waals surface area contributed by atoms with E-state index in [1.807, 2.05) is 13.8 Å². The van der Waals surface area contributed by atoms with E-state index in [9.17, 15) is 12.8 Å². The third-order valence-electron chi connectivity index (χ3n) is 3.81. The number of halogens is 1. The number of rotatable bonds is 5. The number of nitrogens with zero attached hydrogens (tertiary/aromatic N) is 1. The zero-order valence-corrected chi connectivity index (χ0v) is 13.4. The van der Waals surface area contributed by atoms with Crippen LogP contribution in [-0.4, -0.2) is 32.4 Å². The molecule has 1 saturated heterocycles. The van der Waals surface area contributed by atoms with Crippen molar-refractivity contribution >= 4 is 10.0 Å². The molecular formula is C15H23FN2O2S. The molecule has 0 aromatic heterocycles. The fourth-order valence-electron chi connectivity index (χ4n) is 2.64. The lowest BCUT2D eigenvalue weighted by atomic mass is 10.0. The summed E-state index contributed by atoms with van der Waals surface area (Å²) in [6.45, 7) is 6.26. The molecule has 6 heteroatoms. The molecule has 1 aromatic carbocycles. The summed E-state index contributed by atoms with van der Waals surface area (Å²) < 4.78 is 40.7. The molecule has 1 atom stereocenters. The number of hydrogen-bond acceptors (Lipinski definition) is 3. The second-order valence-electron chi connectivity index (χ2n) is 5.66. The van der Waals surface area contributed by atoms with Crippen LogP contribution >= 0.6 is 0 Å². The van der Waals surface area contributed by atoms with Gasteiger partial charge in [0.25, 0.3) is 0 Å². The molecule has 1 aromatic rings. The molecule has 0 spiro atoms. The van der Waals surface area contributed by atoms with Gasteiger partial charge in [-0.25, -0.2) is 12.8 Å². The van der Waals surface area contributed by atoms with Gasteiger partial charge < -0.3 is 5.32 Å². The van der Waals surface area contributed by atoms with Gasteiger partial charge >= 0.3 is 0 Å². The van der Waals surface area contributed by atoms with Gasteiger partial charge in [-0.1, -0.05) is 19.9 Å². The predicted octanol–water partition coefficient (Wildman–Crippen LogP) is 2.36. The highest BCUT2D eigenvalue weighted by Gasteiger charge is 2.30. The first-order valence-corrected chi connectivity index (χ1v) is 8.88. The predicted molar refractivity (Wildman–Crippen MR) is 80.9 cm³/mol. The van der Waals surface area contributed by atoms with E-state index in [4.69, 9.17) is 0 Å². The molecule has 0 bridgehead atoms. The Morgan fingerprint density at radius 2 is 2.19 bits per heavy atom. The Morgan fingerprint density at radius 3 is 2.81 bits per heavy atom. The minimum absolute atomic E-state index is 0.211. The van der Waals surface area contributed by atoms with Gasteiger partial charge in [0.15, 0.2) is 0 Å². The van der Waals surface area contributed by atoms with Crippen LogP contribution in [0.2, 0.25) is 0 Å². The maximum Gasteiger partial charge on any atom is 0.245 e. The Kier molecular flexibility index (Phi) is 5.35. The maximum atomic E-state index is 14.2. The highest BCUT2D eigenvalue weighted by atomic mass is 32.2. The van der Waals surface area contributed by atoms with E-state index in [0.29, 0.717) is 25.6 Å². The fraction of sp³-hybridized carbons (Fsp3) is 0.600. The zero-order chi connectivity index (χ0) is 15.5. The van der Waals surface area contributed by atoms with Crippen LogP contribution in [0.1, 0.15) is 32.3 Å². The highest BCUT2D eigenvalue weighted by Crippen LogP contribution is 2.25. The van der Waals surface area contributed by atoms with Crippen molar-refractivity contribution in [3.8, 4) is 0 Å². The molecular weight excluding hydrogens is 291 g/mol. The van der Waals surface area contributed by atoms with Crippen molar-refractivity contribution in [1.82, 2.24) is 9.62 Å². The van der Waals surface area contributed by atoms with Crippen molar-refractivity contribution in [1.29, 1.82) is 0 Å². The Balaban J connectivity index is 2.23. The van der Waals surface area contributed by atoms with Crippen LogP contribution in [0.25, 0.3) is 0 Å². The summed E-state index contributed by atoms with van der Waals surface area (Å²) in [5.74, 6) is -0.340. The summed E-state index contributed by atoms with van der Waals surface area (Å²) in [6, 6.07) is 4.37. The van der Waals surface area contributed by atoms with E-state index >= 15 is 0 Å². The number of sulfonamides is 1. The van der Waals surface area contributed by atoms with Crippen LogP contribution in [0.15, 0.2) is 23.1 Å². The third-order valence-corrected chi connectivity index (χ3v) is 5.71. The number of benzene rings is 1. The molecule has 1 heterocycles. The lowest BCUT2D eigenvalue weighted by Gasteiger charge is -2.30. The second-order valence-corrected chi connectivity index (χ2v) is 7.56. The van der Waals surface area contributed by atoms with E-state index in [1.165, 1.54) is 16.4 Å². The van der Waals surface area contributed by atoms with Crippen LogP contribution < -0.4 is 5.32 Å². The van der Waals surface area contributed by atoms with Crippen LogP contribution in [0.5, 0.6) is 0 Å². The molecule has 0 radical (unpaired) electrons. The zero-order valence-electron chi connectivity index (χ0n) is 12.6. The number of hydrogen-bond donors (Lipinski definition) is 1. The van der Waals surface area contributed by atoms with Crippen LogP contribution in [0.3, 0.4) is 0 Å². The summed E-state index contributed by atoms with van der Waals surface area (Å²) in [5, 5.41) is 3.09. The van der Waals surface area contributed by atoms with Gasteiger partial charge in [0.2, 0.25) is 10.0 Å². The molecule has 21 heavy (non-hydrogen) atoms. The van der Waals surface area contributed by atoms with E-state index in [0.717, 1.165) is 24.9 Å². The molecule has 1 N–H and O–H groups in total. The molecule has 1 aliphatic heterocycles. The molecule has 1 aliphatic rings. The maximum absolute atomic E-state index is 14.2. The van der Waals surface area contributed by atoms with Gasteiger partial charge in [-0.2, -0.15) is 4.31 Å². The van der Waals surface area contributed by atoms with Gasteiger partial charge in [-0.05, 0) is 43.0 Å². The molecule has 1 fully saturated rings. The van der Waals surface area contributed by atoms with Crippen LogP contribution in [-0.2, 0) is 16.6 Å². The Hall–Kier alpha value is -0.980. The molecule has 0 saturated carbocycles. The number of nitrogens with one attached hydrogen (secondary N) is 1. The normalized spacial score (nSPS) is 20.6. The van der Waals surface area contributed by atoms with E-state index in [-0.39, 0.29) is 4.90 Å². The number of piperidine rings is 1. The van der Waals surface area contributed by atoms with E-state index < -0.39 is 15.8 Å². The first-order chi connectivity index (χ1) is 9.95. The monoisotopic (exact) mass is 314 g/mol. The lowest BCUT2D eigenvalue weighted by molar-refractivity contribution is 0.280. The molecule has 0 aliphatic carbocycles. The van der Waals surface area contributed by atoms with Gasteiger partial charge in [0, 0.05) is 19.6 Å². The standard InChI is InChI=1S/C15H23FN2O2S/c1-3-17-10-13-6-7-15(14(16)9-13)21(19,20)18-8-4-5-12(2)11-18/h6-7,9,12,17H,3-5,8,10-11H2,1-2H3. The largest absolute Gasteiger partial charge is 0.313 e. The van der Waals surface area contributed by atoms with Crippen molar-refractivity contribution in [3.05, 3.63) is 29.6 Å². The minimum atomic E-state index is -3.72. The lowest BCUT2D eigenvalue weighted by Crippen LogP contribution is -2.39. The summed E-state index contributed by atoms with van der Waals surface area (Å²) >= 11 is 0. The average molecular weight is 314 g/mol. The van der Waals surface area contributed by atoms with Crippen molar-refractivity contribution < 1.29 is 12.8 Å². The van der Waals surface area contributed by atoms with Gasteiger partial charge in [-0.15, -0.1) is 0 Å². The summed E-state index contributed by atoms with van der Waals surface area (Å²) in [7, 11) is -3.72. The fourth-order valence-corrected chi connectivity index (χ4v) is 4.28. The first-order valence-electron chi connectivity index (χ1n) is 7.44. The molecule has 118 valence electrons.